The molecule has 0 saturated carbocycles. The minimum absolute atomic E-state index is 0.00622. The van der Waals surface area contributed by atoms with Crippen LogP contribution in [-0.2, 0) is 21.2 Å². The van der Waals surface area contributed by atoms with Crippen LogP contribution in [0.25, 0.3) is 21.6 Å². The Morgan fingerprint density at radius 2 is 1.90 bits per heavy atom. The number of hydrogen-bond donors (Lipinski definition) is 3. The third kappa shape index (κ3) is 4.09. The zero-order valence-electron chi connectivity index (χ0n) is 17.0. The predicted octanol–water partition coefficient (Wildman–Crippen LogP) is 3.50. The van der Waals surface area contributed by atoms with Crippen molar-refractivity contribution in [2.75, 3.05) is 11.9 Å². The third-order valence-corrected chi connectivity index (χ3v) is 7.43. The van der Waals surface area contributed by atoms with Crippen LogP contribution in [0.4, 0.5) is 5.69 Å². The quantitative estimate of drug-likeness (QED) is 0.504. The number of fused-ring (bicyclic) bond motifs is 1. The summed E-state index contributed by atoms with van der Waals surface area (Å²) < 4.78 is 28.5. The number of sulfonamides is 1. The normalized spacial score (nSPS) is 15.4. The van der Waals surface area contributed by atoms with Gasteiger partial charge in [-0.3, -0.25) is 0 Å². The standard InChI is InChI=1S/C22H22N2O5S2/c1-3-29-22(26)21-19(13-4-7-16(8-5-13)31(23,27)28)12(2)20(30-21)14-6-9-17-15(10-14)11-18(25)24-17/h4-10,18,24-25H,3,11H2,1-2H3,(H2,23,27,28). The van der Waals surface area contributed by atoms with E-state index in [1.165, 1.54) is 23.5 Å². The first-order valence-electron chi connectivity index (χ1n) is 9.70. The minimum Gasteiger partial charge on any atom is -0.462 e. The first-order chi connectivity index (χ1) is 14.7. The van der Waals surface area contributed by atoms with E-state index in [1.807, 2.05) is 25.1 Å². The third-order valence-electron chi connectivity index (χ3n) is 5.18. The van der Waals surface area contributed by atoms with Crippen LogP contribution in [0.15, 0.2) is 47.4 Å². The summed E-state index contributed by atoms with van der Waals surface area (Å²) in [5.74, 6) is -0.425. The maximum Gasteiger partial charge on any atom is 0.348 e. The Labute approximate surface area is 184 Å². The number of rotatable bonds is 5. The van der Waals surface area contributed by atoms with Crippen LogP contribution < -0.4 is 10.5 Å². The number of carbonyl (C=O) groups is 1. The average molecular weight is 459 g/mol. The largest absolute Gasteiger partial charge is 0.462 e. The molecule has 7 nitrogen and oxygen atoms in total. The number of nitrogens with one attached hydrogen (secondary N) is 1. The van der Waals surface area contributed by atoms with Crippen LogP contribution in [0.5, 0.6) is 0 Å². The number of thiophene rings is 1. The summed E-state index contributed by atoms with van der Waals surface area (Å²) in [6.45, 7) is 3.92. The van der Waals surface area contributed by atoms with Crippen LogP contribution in [0.2, 0.25) is 0 Å². The average Bonchev–Trinajstić information content (AvgIpc) is 3.26. The molecule has 1 aliphatic rings. The summed E-state index contributed by atoms with van der Waals surface area (Å²) in [7, 11) is -3.81. The van der Waals surface area contributed by atoms with Gasteiger partial charge in [0.2, 0.25) is 10.0 Å². The summed E-state index contributed by atoms with van der Waals surface area (Å²) in [4.78, 5) is 14.1. The Balaban J connectivity index is 1.84. The zero-order valence-corrected chi connectivity index (χ0v) is 18.6. The Morgan fingerprint density at radius 3 is 2.55 bits per heavy atom. The van der Waals surface area contributed by atoms with Crippen molar-refractivity contribution in [3.05, 3.63) is 58.5 Å². The van der Waals surface area contributed by atoms with Gasteiger partial charge < -0.3 is 15.2 Å². The molecule has 0 saturated heterocycles. The van der Waals surface area contributed by atoms with E-state index in [1.54, 1.807) is 19.1 Å². The molecule has 31 heavy (non-hydrogen) atoms. The van der Waals surface area contributed by atoms with Crippen molar-refractivity contribution in [1.29, 1.82) is 0 Å². The van der Waals surface area contributed by atoms with E-state index in [0.717, 1.165) is 27.3 Å². The van der Waals surface area contributed by atoms with E-state index in [9.17, 15) is 18.3 Å². The lowest BCUT2D eigenvalue weighted by Crippen LogP contribution is -2.12. The van der Waals surface area contributed by atoms with Crippen molar-refractivity contribution in [2.24, 2.45) is 5.14 Å². The molecule has 1 aromatic heterocycles. The van der Waals surface area contributed by atoms with Crippen LogP contribution in [0.1, 0.15) is 27.7 Å². The smallest absolute Gasteiger partial charge is 0.348 e. The highest BCUT2D eigenvalue weighted by Crippen LogP contribution is 2.43. The van der Waals surface area contributed by atoms with E-state index in [4.69, 9.17) is 9.88 Å². The van der Waals surface area contributed by atoms with Gasteiger partial charge in [0.05, 0.1) is 11.5 Å². The molecule has 0 aliphatic carbocycles. The molecule has 0 bridgehead atoms. The summed E-state index contributed by atoms with van der Waals surface area (Å²) >= 11 is 1.34. The van der Waals surface area contributed by atoms with Crippen molar-refractivity contribution in [1.82, 2.24) is 0 Å². The molecule has 162 valence electrons. The Morgan fingerprint density at radius 1 is 1.23 bits per heavy atom. The number of esters is 1. The number of hydrogen-bond acceptors (Lipinski definition) is 7. The zero-order chi connectivity index (χ0) is 22.3. The fraction of sp³-hybridized carbons (Fsp3) is 0.227. The SMILES string of the molecule is CCOC(=O)c1sc(-c2ccc3c(c2)CC(O)N3)c(C)c1-c1ccc(S(N)(=O)=O)cc1. The van der Waals surface area contributed by atoms with E-state index in [0.29, 0.717) is 22.4 Å². The maximum atomic E-state index is 12.7. The van der Waals surface area contributed by atoms with Crippen molar-refractivity contribution in [3.63, 3.8) is 0 Å². The molecule has 1 atom stereocenters. The second kappa shape index (κ2) is 8.08. The van der Waals surface area contributed by atoms with Crippen molar-refractivity contribution >= 4 is 33.0 Å². The lowest BCUT2D eigenvalue weighted by Gasteiger charge is -2.08. The van der Waals surface area contributed by atoms with Gasteiger partial charge in [0.25, 0.3) is 0 Å². The number of nitrogens with two attached hydrogens (primary N) is 1. The lowest BCUT2D eigenvalue weighted by molar-refractivity contribution is 0.0533. The highest BCUT2D eigenvalue weighted by atomic mass is 32.2. The predicted molar refractivity (Wildman–Crippen MR) is 121 cm³/mol. The molecule has 0 fully saturated rings. The molecule has 2 aromatic carbocycles. The van der Waals surface area contributed by atoms with E-state index >= 15 is 0 Å². The Bertz CT molecular complexity index is 1260. The van der Waals surface area contributed by atoms with Gasteiger partial charge in [-0.15, -0.1) is 11.3 Å². The first-order valence-corrected chi connectivity index (χ1v) is 12.1. The monoisotopic (exact) mass is 458 g/mol. The van der Waals surface area contributed by atoms with Crippen LogP contribution in [0, 0.1) is 6.92 Å². The number of carbonyl (C=O) groups excluding carboxylic acids is 1. The molecule has 2 heterocycles. The van der Waals surface area contributed by atoms with Crippen molar-refractivity contribution in [3.8, 4) is 21.6 Å². The van der Waals surface area contributed by atoms with E-state index in [2.05, 4.69) is 5.32 Å². The number of ether oxygens (including phenoxy) is 1. The number of aliphatic hydroxyl groups is 1. The molecule has 4 rings (SSSR count). The number of primary sulfonamides is 1. The number of benzene rings is 2. The van der Waals surface area contributed by atoms with Gasteiger partial charge >= 0.3 is 5.97 Å². The van der Waals surface area contributed by atoms with Crippen LogP contribution in [0.3, 0.4) is 0 Å². The lowest BCUT2D eigenvalue weighted by atomic mass is 9.98. The van der Waals surface area contributed by atoms with Gasteiger partial charge in [-0.1, -0.05) is 18.2 Å². The molecule has 3 aromatic rings. The van der Waals surface area contributed by atoms with Gasteiger partial charge in [-0.2, -0.15) is 0 Å². The molecule has 1 unspecified atom stereocenters. The molecule has 0 radical (unpaired) electrons. The minimum atomic E-state index is -3.81. The molecule has 4 N–H and O–H groups in total. The second-order valence-corrected chi connectivity index (χ2v) is 9.87. The van der Waals surface area contributed by atoms with Gasteiger partial charge in [0.15, 0.2) is 0 Å². The highest BCUT2D eigenvalue weighted by Gasteiger charge is 2.25. The maximum absolute atomic E-state index is 12.7. The fourth-order valence-electron chi connectivity index (χ4n) is 3.77. The van der Waals surface area contributed by atoms with Gasteiger partial charge in [0.1, 0.15) is 11.1 Å². The van der Waals surface area contributed by atoms with Crippen LogP contribution in [-0.4, -0.2) is 32.3 Å². The summed E-state index contributed by atoms with van der Waals surface area (Å²) in [5, 5.41) is 18.1. The molecule has 0 spiro atoms. The number of anilines is 1. The van der Waals surface area contributed by atoms with Gasteiger partial charge in [0, 0.05) is 22.5 Å². The van der Waals surface area contributed by atoms with Crippen LogP contribution >= 0.6 is 11.3 Å². The summed E-state index contributed by atoms with van der Waals surface area (Å²) in [6.07, 6.45) is -0.0853. The fourth-order valence-corrected chi connectivity index (χ4v) is 5.51. The van der Waals surface area contributed by atoms with Gasteiger partial charge in [-0.05, 0) is 60.4 Å². The van der Waals surface area contributed by atoms with Crippen molar-refractivity contribution < 1.29 is 23.1 Å². The molecule has 1 aliphatic heterocycles. The van der Waals surface area contributed by atoms with E-state index in [-0.39, 0.29) is 11.5 Å². The Kier molecular flexibility index (Phi) is 5.61. The topological polar surface area (TPSA) is 119 Å². The molecular formula is C22H22N2O5S2. The Hall–Kier alpha value is -2.72. The molecule has 0 amide bonds. The summed E-state index contributed by atoms with van der Waals surface area (Å²) in [6, 6.07) is 12.0. The molecular weight excluding hydrogens is 436 g/mol. The van der Waals surface area contributed by atoms with Crippen molar-refractivity contribution in [2.45, 2.75) is 31.4 Å². The van der Waals surface area contributed by atoms with E-state index < -0.39 is 22.2 Å². The highest BCUT2D eigenvalue weighted by molar-refractivity contribution is 7.89. The second-order valence-electron chi connectivity index (χ2n) is 7.29. The summed E-state index contributed by atoms with van der Waals surface area (Å²) in [5.41, 5.74) is 5.15. The first kappa shape index (κ1) is 21.5. The molecule has 9 heteroatoms. The number of aliphatic hydroxyl groups excluding tert-OH is 1. The van der Waals surface area contributed by atoms with Gasteiger partial charge in [-0.25, -0.2) is 18.4 Å².